The number of nitrogens with one attached hydrogen (secondary N) is 1. The Bertz CT molecular complexity index is 954. The van der Waals surface area contributed by atoms with E-state index in [1.54, 1.807) is 24.3 Å². The van der Waals surface area contributed by atoms with Crippen molar-refractivity contribution in [3.05, 3.63) is 100 Å². The summed E-state index contributed by atoms with van der Waals surface area (Å²) in [4.78, 5) is 23.3. The fourth-order valence-electron chi connectivity index (χ4n) is 3.02. The summed E-state index contributed by atoms with van der Waals surface area (Å²) in [5.74, 6) is 0.762. The summed E-state index contributed by atoms with van der Waals surface area (Å²) >= 11 is 0. The van der Waals surface area contributed by atoms with Crippen LogP contribution in [0.5, 0.6) is 5.75 Å². The molecule has 0 spiro atoms. The molecule has 0 fully saturated rings. The molecule has 29 heavy (non-hydrogen) atoms. The summed E-state index contributed by atoms with van der Waals surface area (Å²) in [5, 5.41) is 14.3. The molecule has 1 N–H and O–H groups in total. The highest BCUT2D eigenvalue weighted by Gasteiger charge is 2.18. The topological polar surface area (TPSA) is 81.5 Å². The molecular weight excluding hydrogens is 368 g/mol. The number of Topliss-reactive ketones (excluding diaryl/α,β-unsaturated/α-hetero) is 1. The third-order valence-electron chi connectivity index (χ3n) is 4.50. The fourth-order valence-corrected chi connectivity index (χ4v) is 3.02. The van der Waals surface area contributed by atoms with Gasteiger partial charge in [-0.2, -0.15) is 0 Å². The average molecular weight is 390 g/mol. The van der Waals surface area contributed by atoms with Crippen LogP contribution in [0.4, 0.5) is 11.4 Å². The molecule has 0 radical (unpaired) electrons. The first-order valence-electron chi connectivity index (χ1n) is 9.39. The normalized spacial score (nSPS) is 11.5. The van der Waals surface area contributed by atoms with E-state index in [0.29, 0.717) is 12.2 Å². The van der Waals surface area contributed by atoms with Crippen LogP contribution in [0.1, 0.15) is 35.3 Å². The van der Waals surface area contributed by atoms with Crippen molar-refractivity contribution in [1.82, 2.24) is 0 Å². The fraction of sp³-hybridized carbons (Fsp3) is 0.174. The number of benzene rings is 3. The minimum absolute atomic E-state index is 0.00705. The summed E-state index contributed by atoms with van der Waals surface area (Å²) in [7, 11) is 0. The largest absolute Gasteiger partial charge is 0.494 e. The van der Waals surface area contributed by atoms with Crippen LogP contribution < -0.4 is 10.1 Å². The Morgan fingerprint density at radius 3 is 2.24 bits per heavy atom. The van der Waals surface area contributed by atoms with Gasteiger partial charge in [0.05, 0.1) is 17.6 Å². The third kappa shape index (κ3) is 5.42. The minimum atomic E-state index is -0.437. The Balaban J connectivity index is 1.84. The van der Waals surface area contributed by atoms with Crippen LogP contribution in [0.2, 0.25) is 0 Å². The maximum absolute atomic E-state index is 12.8. The number of non-ortho nitro benzene ring substituents is 1. The van der Waals surface area contributed by atoms with Gasteiger partial charge < -0.3 is 10.1 Å². The van der Waals surface area contributed by atoms with Gasteiger partial charge in [-0.3, -0.25) is 14.9 Å². The van der Waals surface area contributed by atoms with Crippen LogP contribution >= 0.6 is 0 Å². The average Bonchev–Trinajstić information content (AvgIpc) is 2.75. The van der Waals surface area contributed by atoms with Crippen LogP contribution in [0.25, 0.3) is 0 Å². The lowest BCUT2D eigenvalue weighted by Gasteiger charge is -2.20. The van der Waals surface area contributed by atoms with Gasteiger partial charge in [-0.05, 0) is 36.8 Å². The maximum Gasteiger partial charge on any atom is 0.269 e. The zero-order valence-corrected chi connectivity index (χ0v) is 16.1. The van der Waals surface area contributed by atoms with Gasteiger partial charge >= 0.3 is 0 Å². The maximum atomic E-state index is 12.8. The van der Waals surface area contributed by atoms with Crippen molar-refractivity contribution in [2.24, 2.45) is 0 Å². The summed E-state index contributed by atoms with van der Waals surface area (Å²) in [6.45, 7) is 2.51. The molecule has 1 atom stereocenters. The molecule has 0 heterocycles. The second-order valence-corrected chi connectivity index (χ2v) is 6.50. The lowest BCUT2D eigenvalue weighted by molar-refractivity contribution is -0.384. The molecule has 3 rings (SSSR count). The summed E-state index contributed by atoms with van der Waals surface area (Å²) < 4.78 is 5.46. The summed E-state index contributed by atoms with van der Waals surface area (Å²) in [5.41, 5.74) is 2.28. The van der Waals surface area contributed by atoms with Gasteiger partial charge in [0.2, 0.25) is 0 Å². The molecule has 0 amide bonds. The van der Waals surface area contributed by atoms with Crippen molar-refractivity contribution >= 4 is 17.2 Å². The molecule has 3 aromatic rings. The molecule has 6 heteroatoms. The number of anilines is 1. The minimum Gasteiger partial charge on any atom is -0.494 e. The van der Waals surface area contributed by atoms with Crippen LogP contribution in [0.3, 0.4) is 0 Å². The van der Waals surface area contributed by atoms with E-state index >= 15 is 0 Å². The molecule has 0 saturated heterocycles. The predicted octanol–water partition coefficient (Wildman–Crippen LogP) is 5.42. The molecular formula is C23H22N2O4. The number of nitro benzene ring substituents is 1. The summed E-state index contributed by atoms with van der Waals surface area (Å²) in [6, 6.07) is 22.5. The first-order chi connectivity index (χ1) is 14.1. The van der Waals surface area contributed by atoms with E-state index in [9.17, 15) is 14.9 Å². The highest BCUT2D eigenvalue weighted by Crippen LogP contribution is 2.27. The molecule has 0 aromatic heterocycles. The molecule has 148 valence electrons. The molecule has 0 aliphatic heterocycles. The van der Waals surface area contributed by atoms with Crippen molar-refractivity contribution in [2.75, 3.05) is 11.9 Å². The number of ether oxygens (including phenoxy) is 1. The Labute approximate surface area is 169 Å². The van der Waals surface area contributed by atoms with Crippen molar-refractivity contribution in [2.45, 2.75) is 19.4 Å². The highest BCUT2D eigenvalue weighted by molar-refractivity contribution is 5.96. The zero-order chi connectivity index (χ0) is 20.6. The first-order valence-corrected chi connectivity index (χ1v) is 9.39. The van der Waals surface area contributed by atoms with Crippen molar-refractivity contribution in [3.63, 3.8) is 0 Å². The Morgan fingerprint density at radius 1 is 1.00 bits per heavy atom. The van der Waals surface area contributed by atoms with E-state index in [1.165, 1.54) is 12.1 Å². The van der Waals surface area contributed by atoms with Gasteiger partial charge in [-0.25, -0.2) is 0 Å². The highest BCUT2D eigenvalue weighted by atomic mass is 16.6. The SMILES string of the molecule is CCOc1ccc(NC(CC(=O)c2ccccc2)c2ccc([N+](=O)[O-])cc2)cc1. The standard InChI is InChI=1S/C23H22N2O4/c1-2-29-21-14-10-19(11-15-21)24-22(16-23(26)18-6-4-3-5-7-18)17-8-12-20(13-9-17)25(27)28/h3-15,22,24H,2,16H2,1H3. The molecule has 0 aliphatic rings. The number of nitro groups is 1. The molecule has 3 aromatic carbocycles. The number of carbonyl (C=O) groups excluding carboxylic acids is 1. The van der Waals surface area contributed by atoms with E-state index in [0.717, 1.165) is 17.0 Å². The lowest BCUT2D eigenvalue weighted by atomic mass is 9.97. The quantitative estimate of drug-likeness (QED) is 0.300. The number of carbonyl (C=O) groups is 1. The summed E-state index contributed by atoms with van der Waals surface area (Å²) in [6.07, 6.45) is 0.217. The van der Waals surface area contributed by atoms with Crippen molar-refractivity contribution < 1.29 is 14.5 Å². The van der Waals surface area contributed by atoms with E-state index in [1.807, 2.05) is 49.4 Å². The number of ketones is 1. The van der Waals surface area contributed by atoms with Gasteiger partial charge in [0.15, 0.2) is 5.78 Å². The van der Waals surface area contributed by atoms with Crippen molar-refractivity contribution in [3.8, 4) is 5.75 Å². The van der Waals surface area contributed by atoms with Crippen LogP contribution in [-0.4, -0.2) is 17.3 Å². The lowest BCUT2D eigenvalue weighted by Crippen LogP contribution is -2.16. The van der Waals surface area contributed by atoms with Crippen LogP contribution in [-0.2, 0) is 0 Å². The molecule has 0 saturated carbocycles. The van der Waals surface area contributed by atoms with Crippen LogP contribution in [0.15, 0.2) is 78.9 Å². The molecule has 1 unspecified atom stereocenters. The molecule has 0 bridgehead atoms. The molecule has 0 aliphatic carbocycles. The van der Waals surface area contributed by atoms with Gasteiger partial charge in [0.25, 0.3) is 5.69 Å². The monoisotopic (exact) mass is 390 g/mol. The van der Waals surface area contributed by atoms with Gasteiger partial charge in [-0.1, -0.05) is 42.5 Å². The Hall–Kier alpha value is -3.67. The smallest absolute Gasteiger partial charge is 0.269 e. The Morgan fingerprint density at radius 2 is 1.66 bits per heavy atom. The van der Waals surface area contributed by atoms with E-state index in [4.69, 9.17) is 4.74 Å². The number of rotatable bonds is 9. The van der Waals surface area contributed by atoms with E-state index in [-0.39, 0.29) is 23.9 Å². The predicted molar refractivity (Wildman–Crippen MR) is 112 cm³/mol. The van der Waals surface area contributed by atoms with E-state index < -0.39 is 4.92 Å². The van der Waals surface area contributed by atoms with Gasteiger partial charge in [0, 0.05) is 29.8 Å². The number of hydrogen-bond donors (Lipinski definition) is 1. The molecule has 6 nitrogen and oxygen atoms in total. The van der Waals surface area contributed by atoms with Gasteiger partial charge in [-0.15, -0.1) is 0 Å². The van der Waals surface area contributed by atoms with Crippen molar-refractivity contribution in [1.29, 1.82) is 0 Å². The number of hydrogen-bond acceptors (Lipinski definition) is 5. The van der Waals surface area contributed by atoms with E-state index in [2.05, 4.69) is 5.32 Å². The number of nitrogens with zero attached hydrogens (tertiary/aromatic N) is 1. The van der Waals surface area contributed by atoms with Crippen LogP contribution in [0, 0.1) is 10.1 Å². The second kappa shape index (κ2) is 9.50. The third-order valence-corrected chi connectivity index (χ3v) is 4.50. The zero-order valence-electron chi connectivity index (χ0n) is 16.1. The second-order valence-electron chi connectivity index (χ2n) is 6.50. The first kappa shape index (κ1) is 20.1. The Kier molecular flexibility index (Phi) is 6.58. The van der Waals surface area contributed by atoms with Gasteiger partial charge in [0.1, 0.15) is 5.75 Å².